The predicted molar refractivity (Wildman–Crippen MR) is 73.4 cm³/mol. The molecular formula is C14H28N2O. The normalized spacial score (nSPS) is 24.4. The summed E-state index contributed by atoms with van der Waals surface area (Å²) in [6.45, 7) is 13.4. The Kier molecular flexibility index (Phi) is 7.49. The van der Waals surface area contributed by atoms with Crippen molar-refractivity contribution in [1.82, 2.24) is 10.2 Å². The zero-order chi connectivity index (χ0) is 12.5. The third kappa shape index (κ3) is 5.66. The highest BCUT2D eigenvalue weighted by Gasteiger charge is 2.25. The van der Waals surface area contributed by atoms with Gasteiger partial charge in [-0.2, -0.15) is 0 Å². The molecule has 100 valence electrons. The first-order valence-electron chi connectivity index (χ1n) is 6.99. The number of likely N-dealkylation sites (N-methyl/N-ethyl adjacent to an activating group) is 1. The molecule has 1 saturated heterocycles. The lowest BCUT2D eigenvalue weighted by molar-refractivity contribution is 0.0264. The molecule has 1 heterocycles. The molecule has 0 saturated carbocycles. The molecule has 1 aliphatic heterocycles. The van der Waals surface area contributed by atoms with E-state index in [1.807, 2.05) is 6.08 Å². The molecule has 2 atom stereocenters. The summed E-state index contributed by atoms with van der Waals surface area (Å²) in [7, 11) is 0. The zero-order valence-corrected chi connectivity index (χ0v) is 11.5. The van der Waals surface area contributed by atoms with E-state index in [-0.39, 0.29) is 0 Å². The Morgan fingerprint density at radius 3 is 2.76 bits per heavy atom. The van der Waals surface area contributed by atoms with E-state index in [4.69, 9.17) is 4.74 Å². The van der Waals surface area contributed by atoms with Gasteiger partial charge in [0.2, 0.25) is 0 Å². The molecule has 1 aliphatic rings. The van der Waals surface area contributed by atoms with Gasteiger partial charge in [-0.15, -0.1) is 6.58 Å². The molecule has 0 aliphatic carbocycles. The summed E-state index contributed by atoms with van der Waals surface area (Å²) in [6, 6.07) is 0. The van der Waals surface area contributed by atoms with Crippen LogP contribution in [0.5, 0.6) is 0 Å². The number of nitrogens with zero attached hydrogens (tertiary/aromatic N) is 1. The summed E-state index contributed by atoms with van der Waals surface area (Å²) in [5.74, 6) is 0. The van der Waals surface area contributed by atoms with Gasteiger partial charge >= 0.3 is 0 Å². The van der Waals surface area contributed by atoms with E-state index in [2.05, 4.69) is 30.6 Å². The van der Waals surface area contributed by atoms with Crippen LogP contribution in [0.4, 0.5) is 0 Å². The van der Waals surface area contributed by atoms with Gasteiger partial charge in [0.15, 0.2) is 0 Å². The molecule has 3 nitrogen and oxygen atoms in total. The molecule has 0 radical (unpaired) electrons. The Bertz CT molecular complexity index is 208. The summed E-state index contributed by atoms with van der Waals surface area (Å²) >= 11 is 0. The van der Waals surface area contributed by atoms with Crippen molar-refractivity contribution in [3.8, 4) is 0 Å². The van der Waals surface area contributed by atoms with Crippen LogP contribution in [-0.4, -0.2) is 49.8 Å². The van der Waals surface area contributed by atoms with Crippen LogP contribution in [-0.2, 0) is 4.74 Å². The molecule has 0 bridgehead atoms. The van der Waals surface area contributed by atoms with Crippen LogP contribution < -0.4 is 5.32 Å². The van der Waals surface area contributed by atoms with Crippen LogP contribution in [0.1, 0.15) is 33.1 Å². The highest BCUT2D eigenvalue weighted by atomic mass is 16.5. The van der Waals surface area contributed by atoms with Crippen LogP contribution in [0.3, 0.4) is 0 Å². The lowest BCUT2D eigenvalue weighted by Gasteiger charge is -2.23. The van der Waals surface area contributed by atoms with Gasteiger partial charge in [-0.25, -0.2) is 0 Å². The zero-order valence-electron chi connectivity index (χ0n) is 11.5. The van der Waals surface area contributed by atoms with E-state index in [0.717, 1.165) is 32.7 Å². The first kappa shape index (κ1) is 14.7. The van der Waals surface area contributed by atoms with E-state index in [0.29, 0.717) is 12.2 Å². The Morgan fingerprint density at radius 1 is 1.35 bits per heavy atom. The molecule has 2 unspecified atom stereocenters. The molecule has 0 aromatic heterocycles. The van der Waals surface area contributed by atoms with E-state index in [9.17, 15) is 0 Å². The number of rotatable bonds is 9. The maximum absolute atomic E-state index is 6.05. The van der Waals surface area contributed by atoms with Crippen molar-refractivity contribution in [2.24, 2.45) is 0 Å². The average molecular weight is 240 g/mol. The molecular weight excluding hydrogens is 212 g/mol. The second-order valence-electron chi connectivity index (χ2n) is 4.80. The first-order valence-corrected chi connectivity index (χ1v) is 6.99. The van der Waals surface area contributed by atoms with Crippen LogP contribution >= 0.6 is 0 Å². The van der Waals surface area contributed by atoms with Crippen LogP contribution in [0, 0.1) is 0 Å². The van der Waals surface area contributed by atoms with Crippen molar-refractivity contribution in [3.63, 3.8) is 0 Å². The van der Waals surface area contributed by atoms with Gasteiger partial charge in [-0.1, -0.05) is 19.9 Å². The fourth-order valence-electron chi connectivity index (χ4n) is 2.31. The minimum Gasteiger partial charge on any atom is -0.372 e. The van der Waals surface area contributed by atoms with Gasteiger partial charge in [-0.05, 0) is 32.4 Å². The summed E-state index contributed by atoms with van der Waals surface area (Å²) < 4.78 is 6.05. The molecule has 1 N–H and O–H groups in total. The number of ether oxygens (including phenoxy) is 1. The molecule has 0 amide bonds. The SMILES string of the molecule is C=CCN(CC)CC1CCC(CNCCC)O1. The standard InChI is InChI=1S/C14H28N2O/c1-4-9-15-11-13-7-8-14(17-13)12-16(6-3)10-5-2/h5,13-15H,2,4,6-12H2,1,3H3. The highest BCUT2D eigenvalue weighted by Crippen LogP contribution is 2.20. The third-order valence-corrected chi connectivity index (χ3v) is 3.29. The Balaban J connectivity index is 2.17. The van der Waals surface area contributed by atoms with Crippen molar-refractivity contribution in [1.29, 1.82) is 0 Å². The first-order chi connectivity index (χ1) is 8.30. The molecule has 0 aromatic rings. The smallest absolute Gasteiger partial charge is 0.0707 e. The molecule has 1 fully saturated rings. The quantitative estimate of drug-likeness (QED) is 0.493. The molecule has 1 rings (SSSR count). The fourth-order valence-corrected chi connectivity index (χ4v) is 2.31. The molecule has 0 aromatic carbocycles. The van der Waals surface area contributed by atoms with Crippen molar-refractivity contribution in [3.05, 3.63) is 12.7 Å². The lowest BCUT2D eigenvalue weighted by Crippen LogP contribution is -2.34. The van der Waals surface area contributed by atoms with Crippen molar-refractivity contribution < 1.29 is 4.74 Å². The minimum atomic E-state index is 0.420. The summed E-state index contributed by atoms with van der Waals surface area (Å²) in [5.41, 5.74) is 0. The van der Waals surface area contributed by atoms with Gasteiger partial charge in [0.25, 0.3) is 0 Å². The largest absolute Gasteiger partial charge is 0.372 e. The maximum atomic E-state index is 6.05. The van der Waals surface area contributed by atoms with Gasteiger partial charge in [0, 0.05) is 19.6 Å². The van der Waals surface area contributed by atoms with Crippen LogP contribution in [0.2, 0.25) is 0 Å². The second kappa shape index (κ2) is 8.67. The monoisotopic (exact) mass is 240 g/mol. The topological polar surface area (TPSA) is 24.5 Å². The second-order valence-corrected chi connectivity index (χ2v) is 4.80. The molecule has 17 heavy (non-hydrogen) atoms. The number of hydrogen-bond acceptors (Lipinski definition) is 3. The van der Waals surface area contributed by atoms with Crippen molar-refractivity contribution in [2.45, 2.75) is 45.3 Å². The fraction of sp³-hybridized carbons (Fsp3) is 0.857. The summed E-state index contributed by atoms with van der Waals surface area (Å²) in [4.78, 5) is 2.39. The minimum absolute atomic E-state index is 0.420. The van der Waals surface area contributed by atoms with Crippen molar-refractivity contribution in [2.75, 3.05) is 32.7 Å². The van der Waals surface area contributed by atoms with Gasteiger partial charge in [0.1, 0.15) is 0 Å². The van der Waals surface area contributed by atoms with E-state index in [1.54, 1.807) is 0 Å². The van der Waals surface area contributed by atoms with Gasteiger partial charge in [-0.3, -0.25) is 4.90 Å². The lowest BCUT2D eigenvalue weighted by atomic mass is 10.2. The molecule has 0 spiro atoms. The van der Waals surface area contributed by atoms with Gasteiger partial charge < -0.3 is 10.1 Å². The van der Waals surface area contributed by atoms with Gasteiger partial charge in [0.05, 0.1) is 12.2 Å². The number of hydrogen-bond donors (Lipinski definition) is 1. The Morgan fingerprint density at radius 2 is 2.12 bits per heavy atom. The molecule has 3 heteroatoms. The van der Waals surface area contributed by atoms with Crippen LogP contribution in [0.15, 0.2) is 12.7 Å². The average Bonchev–Trinajstić information content (AvgIpc) is 2.77. The predicted octanol–water partition coefficient (Wildman–Crippen LogP) is 2.04. The van der Waals surface area contributed by atoms with E-state index >= 15 is 0 Å². The summed E-state index contributed by atoms with van der Waals surface area (Å²) in [6.07, 6.45) is 6.41. The third-order valence-electron chi connectivity index (χ3n) is 3.29. The highest BCUT2D eigenvalue weighted by molar-refractivity contribution is 4.80. The Labute approximate surface area is 106 Å². The summed E-state index contributed by atoms with van der Waals surface area (Å²) in [5, 5.41) is 3.44. The van der Waals surface area contributed by atoms with Crippen molar-refractivity contribution >= 4 is 0 Å². The maximum Gasteiger partial charge on any atom is 0.0707 e. The Hall–Kier alpha value is -0.380. The van der Waals surface area contributed by atoms with Crippen LogP contribution in [0.25, 0.3) is 0 Å². The number of nitrogens with one attached hydrogen (secondary N) is 1. The van der Waals surface area contributed by atoms with E-state index < -0.39 is 0 Å². The van der Waals surface area contributed by atoms with E-state index in [1.165, 1.54) is 19.3 Å².